The summed E-state index contributed by atoms with van der Waals surface area (Å²) in [6.45, 7) is 3.17. The van der Waals surface area contributed by atoms with Crippen molar-refractivity contribution < 1.29 is 9.53 Å². The Morgan fingerprint density at radius 3 is 2.62 bits per heavy atom. The summed E-state index contributed by atoms with van der Waals surface area (Å²) < 4.78 is 7.47. The van der Waals surface area contributed by atoms with Crippen LogP contribution in [0, 0.1) is 0 Å². The maximum atomic E-state index is 12.2. The van der Waals surface area contributed by atoms with E-state index in [-0.39, 0.29) is 5.78 Å². The number of rotatable bonds is 5. The average Bonchev–Trinajstić information content (AvgIpc) is 3.11. The summed E-state index contributed by atoms with van der Waals surface area (Å²) in [5, 5.41) is 8.50. The zero-order valence-electron chi connectivity index (χ0n) is 16.2. The van der Waals surface area contributed by atoms with E-state index < -0.39 is 0 Å². The number of nitrogens with zero attached hydrogens (tertiary/aromatic N) is 6. The monoisotopic (exact) mass is 389 g/mol. The summed E-state index contributed by atoms with van der Waals surface area (Å²) in [5.74, 6) is 1.07. The van der Waals surface area contributed by atoms with E-state index in [1.54, 1.807) is 44.9 Å². The third-order valence-corrected chi connectivity index (χ3v) is 4.58. The van der Waals surface area contributed by atoms with Gasteiger partial charge in [-0.3, -0.25) is 24.1 Å². The minimum atomic E-state index is -0.142. The van der Waals surface area contributed by atoms with E-state index in [2.05, 4.69) is 25.1 Å². The van der Waals surface area contributed by atoms with Crippen LogP contribution in [0.25, 0.3) is 22.3 Å². The van der Waals surface area contributed by atoms with Gasteiger partial charge in [0.25, 0.3) is 0 Å². The number of methoxy groups -OCH3 is 1. The molecule has 9 nitrogen and oxygen atoms in total. The fraction of sp³-hybridized carbons (Fsp3) is 0.200. The highest BCUT2D eigenvalue weighted by Gasteiger charge is 2.19. The molecule has 9 heteroatoms. The molecule has 0 aliphatic carbocycles. The van der Waals surface area contributed by atoms with Gasteiger partial charge in [0.1, 0.15) is 11.6 Å². The highest BCUT2D eigenvalue weighted by molar-refractivity contribution is 6.21. The molecule has 0 aliphatic heterocycles. The van der Waals surface area contributed by atoms with E-state index in [0.717, 1.165) is 11.2 Å². The highest BCUT2D eigenvalue weighted by Crippen LogP contribution is 2.32. The number of carbonyl (C=O) groups is 1. The molecular weight excluding hydrogens is 370 g/mol. The fourth-order valence-electron chi connectivity index (χ4n) is 3.39. The van der Waals surface area contributed by atoms with Crippen LogP contribution in [0.4, 0.5) is 0 Å². The number of benzene rings is 1. The minimum Gasteiger partial charge on any atom is -0.496 e. The molecule has 0 atom stereocenters. The molecule has 4 rings (SSSR count). The minimum absolute atomic E-state index is 0.142. The maximum Gasteiger partial charge on any atom is 0.179 e. The van der Waals surface area contributed by atoms with Crippen molar-refractivity contribution in [2.45, 2.75) is 20.3 Å². The molecule has 4 aromatic rings. The van der Waals surface area contributed by atoms with E-state index >= 15 is 0 Å². The first-order valence-corrected chi connectivity index (χ1v) is 8.93. The Hall–Kier alpha value is -3.88. The van der Waals surface area contributed by atoms with Gasteiger partial charge in [0, 0.05) is 41.5 Å². The molecule has 0 bridgehead atoms. The molecule has 3 aromatic heterocycles. The Balaban J connectivity index is 1.96. The normalized spacial score (nSPS) is 12.2. The smallest absolute Gasteiger partial charge is 0.179 e. The standard InChI is InChI=1S/C20H19N7O2/c1-11(21)20(12(2)28)14-7-15-16(8-17(14)29-3)27-18(25-26-19(27)10-24-15)6-13-9-22-4-5-23-13/h4-5,7-10H,6,21H2,1-3H3. The second-order valence-corrected chi connectivity index (χ2v) is 6.60. The number of allylic oxidation sites excluding steroid dienone is 2. The molecule has 0 saturated heterocycles. The van der Waals surface area contributed by atoms with Crippen LogP contribution in [-0.2, 0) is 11.2 Å². The molecule has 2 N–H and O–H groups in total. The van der Waals surface area contributed by atoms with E-state index in [4.69, 9.17) is 10.5 Å². The van der Waals surface area contributed by atoms with Crippen LogP contribution in [0.1, 0.15) is 30.9 Å². The van der Waals surface area contributed by atoms with Gasteiger partial charge >= 0.3 is 0 Å². The molecule has 0 amide bonds. The average molecular weight is 389 g/mol. The van der Waals surface area contributed by atoms with Gasteiger partial charge in [-0.2, -0.15) is 0 Å². The molecule has 146 valence electrons. The molecular formula is C20H19N7O2. The van der Waals surface area contributed by atoms with E-state index in [1.807, 2.05) is 10.5 Å². The van der Waals surface area contributed by atoms with E-state index in [0.29, 0.717) is 46.0 Å². The first-order valence-electron chi connectivity index (χ1n) is 8.93. The number of hydrogen-bond donors (Lipinski definition) is 1. The highest BCUT2D eigenvalue weighted by atomic mass is 16.5. The summed E-state index contributed by atoms with van der Waals surface area (Å²) >= 11 is 0. The molecule has 0 fully saturated rings. The Morgan fingerprint density at radius 1 is 1.14 bits per heavy atom. The Labute approximate surface area is 166 Å². The summed E-state index contributed by atoms with van der Waals surface area (Å²) in [5.41, 5.74) is 10.2. The number of fused-ring (bicyclic) bond motifs is 3. The predicted molar refractivity (Wildman–Crippen MR) is 107 cm³/mol. The van der Waals surface area contributed by atoms with Gasteiger partial charge in [0.05, 0.1) is 36.5 Å². The molecule has 3 heterocycles. The second kappa shape index (κ2) is 7.27. The molecule has 0 radical (unpaired) electrons. The van der Waals surface area contributed by atoms with Crippen molar-refractivity contribution in [3.63, 3.8) is 0 Å². The molecule has 0 spiro atoms. The number of Topliss-reactive ketones (excluding diaryl/α,β-unsaturated/α-hetero) is 1. The van der Waals surface area contributed by atoms with Crippen LogP contribution >= 0.6 is 0 Å². The number of aromatic nitrogens is 6. The molecule has 0 unspecified atom stereocenters. The summed E-state index contributed by atoms with van der Waals surface area (Å²) in [6.07, 6.45) is 7.04. The second-order valence-electron chi connectivity index (χ2n) is 6.60. The van der Waals surface area contributed by atoms with Crippen molar-refractivity contribution in [3.8, 4) is 5.75 Å². The van der Waals surface area contributed by atoms with Crippen LogP contribution in [-0.4, -0.2) is 42.4 Å². The van der Waals surface area contributed by atoms with Gasteiger partial charge in [-0.05, 0) is 19.9 Å². The molecule has 29 heavy (non-hydrogen) atoms. The topological polar surface area (TPSA) is 121 Å². The van der Waals surface area contributed by atoms with Gasteiger partial charge in [-0.1, -0.05) is 0 Å². The lowest BCUT2D eigenvalue weighted by molar-refractivity contribution is -0.111. The van der Waals surface area contributed by atoms with Crippen molar-refractivity contribution in [3.05, 3.63) is 59.7 Å². The number of nitrogens with two attached hydrogens (primary N) is 1. The zero-order valence-corrected chi connectivity index (χ0v) is 16.2. The van der Waals surface area contributed by atoms with Gasteiger partial charge in [0.2, 0.25) is 0 Å². The Morgan fingerprint density at radius 2 is 1.97 bits per heavy atom. The van der Waals surface area contributed by atoms with Crippen molar-refractivity contribution >= 4 is 28.0 Å². The third-order valence-electron chi connectivity index (χ3n) is 4.58. The van der Waals surface area contributed by atoms with Crippen LogP contribution in [0.2, 0.25) is 0 Å². The Kier molecular flexibility index (Phi) is 4.63. The predicted octanol–water partition coefficient (Wildman–Crippen LogP) is 1.95. The van der Waals surface area contributed by atoms with Crippen molar-refractivity contribution in [2.24, 2.45) is 5.73 Å². The van der Waals surface area contributed by atoms with Gasteiger partial charge < -0.3 is 10.5 Å². The van der Waals surface area contributed by atoms with E-state index in [9.17, 15) is 4.79 Å². The molecule has 0 saturated carbocycles. The van der Waals surface area contributed by atoms with Gasteiger partial charge in [0.15, 0.2) is 11.4 Å². The first-order chi connectivity index (χ1) is 14.0. The number of hydrogen-bond acceptors (Lipinski definition) is 8. The zero-order chi connectivity index (χ0) is 20.5. The van der Waals surface area contributed by atoms with Gasteiger partial charge in [-0.15, -0.1) is 10.2 Å². The lowest BCUT2D eigenvalue weighted by Crippen LogP contribution is -2.07. The fourth-order valence-corrected chi connectivity index (χ4v) is 3.39. The first kappa shape index (κ1) is 18.5. The summed E-state index contributed by atoms with van der Waals surface area (Å²) in [4.78, 5) is 25.1. The summed E-state index contributed by atoms with van der Waals surface area (Å²) in [6, 6.07) is 3.62. The van der Waals surface area contributed by atoms with Crippen molar-refractivity contribution in [1.29, 1.82) is 0 Å². The van der Waals surface area contributed by atoms with E-state index in [1.165, 1.54) is 6.92 Å². The lowest BCUT2D eigenvalue weighted by atomic mass is 9.99. The van der Waals surface area contributed by atoms with Gasteiger partial charge in [-0.25, -0.2) is 0 Å². The Bertz CT molecular complexity index is 1260. The third kappa shape index (κ3) is 3.27. The molecule has 0 aliphatic rings. The van der Waals surface area contributed by atoms with Crippen LogP contribution in [0.15, 0.2) is 42.6 Å². The van der Waals surface area contributed by atoms with Crippen LogP contribution < -0.4 is 10.5 Å². The van der Waals surface area contributed by atoms with Crippen LogP contribution in [0.3, 0.4) is 0 Å². The summed E-state index contributed by atoms with van der Waals surface area (Å²) in [7, 11) is 1.55. The lowest BCUT2D eigenvalue weighted by Gasteiger charge is -2.14. The van der Waals surface area contributed by atoms with Crippen molar-refractivity contribution in [2.75, 3.05) is 7.11 Å². The quantitative estimate of drug-likeness (QED) is 0.514. The SMILES string of the molecule is COc1cc2c(cc1C(C(C)=O)=C(C)N)ncc1nnc(Cc3cnccn3)n12. The van der Waals surface area contributed by atoms with Crippen LogP contribution in [0.5, 0.6) is 5.75 Å². The largest absolute Gasteiger partial charge is 0.496 e. The number of ketones is 1. The number of ether oxygens (including phenoxy) is 1. The van der Waals surface area contributed by atoms with Crippen molar-refractivity contribution in [1.82, 2.24) is 29.5 Å². The maximum absolute atomic E-state index is 12.2. The number of carbonyl (C=O) groups excluding carboxylic acids is 1. The molecule has 1 aromatic carbocycles.